The van der Waals surface area contributed by atoms with Gasteiger partial charge in [-0.2, -0.15) is 5.10 Å². The summed E-state index contributed by atoms with van der Waals surface area (Å²) in [4.78, 5) is 29.8. The number of carbonyl (C=O) groups excluding carboxylic acids is 2. The third kappa shape index (κ3) is 3.19. The summed E-state index contributed by atoms with van der Waals surface area (Å²) in [5.41, 5.74) is 0.817. The SMILES string of the molecule is Cc1cc(N2CC[C@@H](NC(=O)Nc3ccc(F)cn3)C2=O)n(C)n1. The maximum atomic E-state index is 12.8. The molecule has 0 aromatic carbocycles. The Labute approximate surface area is 137 Å². The van der Waals surface area contributed by atoms with Gasteiger partial charge in [-0.05, 0) is 25.5 Å². The molecule has 1 saturated heterocycles. The lowest BCUT2D eigenvalue weighted by molar-refractivity contribution is -0.118. The normalized spacial score (nSPS) is 17.2. The Balaban J connectivity index is 1.62. The summed E-state index contributed by atoms with van der Waals surface area (Å²) < 4.78 is 14.4. The third-order valence-corrected chi connectivity index (χ3v) is 3.73. The summed E-state index contributed by atoms with van der Waals surface area (Å²) in [6.45, 7) is 2.35. The largest absolute Gasteiger partial charge is 0.326 e. The number of aromatic nitrogens is 3. The molecule has 3 rings (SSSR count). The van der Waals surface area contributed by atoms with Crippen LogP contribution in [0.3, 0.4) is 0 Å². The van der Waals surface area contributed by atoms with Crippen molar-refractivity contribution in [2.75, 3.05) is 16.8 Å². The van der Waals surface area contributed by atoms with Crippen LogP contribution in [-0.2, 0) is 11.8 Å². The van der Waals surface area contributed by atoms with Gasteiger partial charge in [0.2, 0.25) is 0 Å². The quantitative estimate of drug-likeness (QED) is 0.883. The Kier molecular flexibility index (Phi) is 4.15. The Hall–Kier alpha value is -2.97. The highest BCUT2D eigenvalue weighted by Gasteiger charge is 2.35. The maximum Gasteiger partial charge on any atom is 0.321 e. The first kappa shape index (κ1) is 15.9. The van der Waals surface area contributed by atoms with Gasteiger partial charge in [-0.1, -0.05) is 0 Å². The van der Waals surface area contributed by atoms with Crippen molar-refractivity contribution in [1.82, 2.24) is 20.1 Å². The van der Waals surface area contributed by atoms with E-state index >= 15 is 0 Å². The monoisotopic (exact) mass is 332 g/mol. The molecule has 1 aliphatic rings. The second kappa shape index (κ2) is 6.26. The molecule has 3 heterocycles. The van der Waals surface area contributed by atoms with E-state index < -0.39 is 17.9 Å². The number of nitrogens with one attached hydrogen (secondary N) is 2. The average molecular weight is 332 g/mol. The second-order valence-electron chi connectivity index (χ2n) is 5.56. The van der Waals surface area contributed by atoms with Crippen molar-refractivity contribution in [3.8, 4) is 0 Å². The van der Waals surface area contributed by atoms with Gasteiger partial charge in [0.05, 0.1) is 11.9 Å². The summed E-state index contributed by atoms with van der Waals surface area (Å²) in [5.74, 6) is 0.218. The average Bonchev–Trinajstić information content (AvgIpc) is 3.04. The summed E-state index contributed by atoms with van der Waals surface area (Å²) in [5, 5.41) is 9.31. The van der Waals surface area contributed by atoms with Crippen molar-refractivity contribution in [2.45, 2.75) is 19.4 Å². The van der Waals surface area contributed by atoms with E-state index in [1.54, 1.807) is 16.6 Å². The lowest BCUT2D eigenvalue weighted by Crippen LogP contribution is -2.43. The van der Waals surface area contributed by atoms with Crippen LogP contribution >= 0.6 is 0 Å². The number of urea groups is 1. The first-order valence-corrected chi connectivity index (χ1v) is 7.45. The summed E-state index contributed by atoms with van der Waals surface area (Å²) in [6.07, 6.45) is 1.50. The topological polar surface area (TPSA) is 92.2 Å². The van der Waals surface area contributed by atoms with E-state index in [0.29, 0.717) is 18.8 Å². The van der Waals surface area contributed by atoms with Crippen LogP contribution in [0.25, 0.3) is 0 Å². The molecule has 0 unspecified atom stereocenters. The minimum absolute atomic E-state index is 0.194. The molecule has 0 aliphatic carbocycles. The molecule has 0 saturated carbocycles. The Morgan fingerprint density at radius 2 is 2.21 bits per heavy atom. The van der Waals surface area contributed by atoms with Crippen LogP contribution in [0.15, 0.2) is 24.4 Å². The molecular weight excluding hydrogens is 315 g/mol. The lowest BCUT2D eigenvalue weighted by atomic mass is 10.2. The van der Waals surface area contributed by atoms with Crippen LogP contribution in [-0.4, -0.2) is 39.3 Å². The molecule has 8 nitrogen and oxygen atoms in total. The molecule has 3 amide bonds. The number of pyridine rings is 1. The molecule has 1 atom stereocenters. The van der Waals surface area contributed by atoms with Crippen molar-refractivity contribution < 1.29 is 14.0 Å². The van der Waals surface area contributed by atoms with Gasteiger partial charge in [0, 0.05) is 19.7 Å². The molecular formula is C15H17FN6O2. The predicted molar refractivity (Wildman–Crippen MR) is 85.1 cm³/mol. The van der Waals surface area contributed by atoms with Crippen molar-refractivity contribution in [3.63, 3.8) is 0 Å². The fourth-order valence-electron chi connectivity index (χ4n) is 2.65. The molecule has 126 valence electrons. The number of amides is 3. The zero-order chi connectivity index (χ0) is 17.3. The van der Waals surface area contributed by atoms with Crippen LogP contribution in [0, 0.1) is 12.7 Å². The molecule has 2 aromatic rings. The van der Waals surface area contributed by atoms with Gasteiger partial charge in [-0.15, -0.1) is 0 Å². The fourth-order valence-corrected chi connectivity index (χ4v) is 2.65. The van der Waals surface area contributed by atoms with Gasteiger partial charge in [-0.25, -0.2) is 14.2 Å². The molecule has 0 bridgehead atoms. The first-order valence-electron chi connectivity index (χ1n) is 7.45. The van der Waals surface area contributed by atoms with E-state index in [1.807, 2.05) is 13.0 Å². The molecule has 0 spiro atoms. The molecule has 9 heteroatoms. The smallest absolute Gasteiger partial charge is 0.321 e. The van der Waals surface area contributed by atoms with Gasteiger partial charge in [0.15, 0.2) is 0 Å². The van der Waals surface area contributed by atoms with Crippen LogP contribution in [0.5, 0.6) is 0 Å². The Morgan fingerprint density at radius 3 is 2.83 bits per heavy atom. The van der Waals surface area contributed by atoms with Crippen molar-refractivity contribution >= 4 is 23.6 Å². The summed E-state index contributed by atoms with van der Waals surface area (Å²) in [7, 11) is 1.77. The Morgan fingerprint density at radius 1 is 1.42 bits per heavy atom. The second-order valence-corrected chi connectivity index (χ2v) is 5.56. The van der Waals surface area contributed by atoms with E-state index in [9.17, 15) is 14.0 Å². The van der Waals surface area contributed by atoms with E-state index in [1.165, 1.54) is 12.1 Å². The maximum absolute atomic E-state index is 12.8. The zero-order valence-electron chi connectivity index (χ0n) is 13.3. The number of rotatable bonds is 3. The number of anilines is 2. The fraction of sp³-hybridized carbons (Fsp3) is 0.333. The zero-order valence-corrected chi connectivity index (χ0v) is 13.3. The van der Waals surface area contributed by atoms with E-state index in [2.05, 4.69) is 20.7 Å². The third-order valence-electron chi connectivity index (χ3n) is 3.73. The van der Waals surface area contributed by atoms with Gasteiger partial charge in [-0.3, -0.25) is 19.7 Å². The first-order chi connectivity index (χ1) is 11.4. The van der Waals surface area contributed by atoms with Gasteiger partial charge in [0.25, 0.3) is 5.91 Å². The minimum atomic E-state index is -0.624. The van der Waals surface area contributed by atoms with Gasteiger partial charge < -0.3 is 5.32 Å². The summed E-state index contributed by atoms with van der Waals surface area (Å²) in [6, 6.07) is 3.17. The number of nitrogens with zero attached hydrogens (tertiary/aromatic N) is 4. The number of carbonyl (C=O) groups is 2. The molecule has 2 N–H and O–H groups in total. The lowest BCUT2D eigenvalue weighted by Gasteiger charge is -2.17. The highest BCUT2D eigenvalue weighted by molar-refractivity contribution is 6.02. The van der Waals surface area contributed by atoms with Crippen LogP contribution < -0.4 is 15.5 Å². The molecule has 0 radical (unpaired) electrons. The van der Waals surface area contributed by atoms with Crippen molar-refractivity contribution in [2.24, 2.45) is 7.05 Å². The number of hydrogen-bond acceptors (Lipinski definition) is 4. The molecule has 1 aliphatic heterocycles. The Bertz CT molecular complexity index is 773. The van der Waals surface area contributed by atoms with E-state index in [4.69, 9.17) is 0 Å². The summed E-state index contributed by atoms with van der Waals surface area (Å²) >= 11 is 0. The minimum Gasteiger partial charge on any atom is -0.326 e. The van der Waals surface area contributed by atoms with E-state index in [0.717, 1.165) is 11.9 Å². The standard InChI is InChI=1S/C15H17FN6O2/c1-9-7-13(21(2)20-9)22-6-5-11(14(22)23)18-15(24)19-12-4-3-10(16)8-17-12/h3-4,7-8,11H,5-6H2,1-2H3,(H2,17,18,19,24)/t11-/m1/s1. The number of hydrogen-bond donors (Lipinski definition) is 2. The molecule has 24 heavy (non-hydrogen) atoms. The van der Waals surface area contributed by atoms with Crippen molar-refractivity contribution in [3.05, 3.63) is 35.9 Å². The van der Waals surface area contributed by atoms with Crippen LogP contribution in [0.4, 0.5) is 20.8 Å². The molecule has 1 fully saturated rings. The van der Waals surface area contributed by atoms with Gasteiger partial charge in [0.1, 0.15) is 23.5 Å². The highest BCUT2D eigenvalue weighted by atomic mass is 19.1. The predicted octanol–water partition coefficient (Wildman–Crippen LogP) is 1.19. The number of aryl methyl sites for hydroxylation is 2. The van der Waals surface area contributed by atoms with Crippen LogP contribution in [0.2, 0.25) is 0 Å². The van der Waals surface area contributed by atoms with E-state index in [-0.39, 0.29) is 11.7 Å². The van der Waals surface area contributed by atoms with Crippen LogP contribution in [0.1, 0.15) is 12.1 Å². The molecule has 2 aromatic heterocycles. The number of halogens is 1. The highest BCUT2D eigenvalue weighted by Crippen LogP contribution is 2.22. The van der Waals surface area contributed by atoms with Crippen molar-refractivity contribution in [1.29, 1.82) is 0 Å². The van der Waals surface area contributed by atoms with Gasteiger partial charge >= 0.3 is 6.03 Å².